The summed E-state index contributed by atoms with van der Waals surface area (Å²) in [6.07, 6.45) is 8.27. The SMILES string of the molecule is Cl.O=C(O)[C@@H](CCc1c[nH]c2ccccc12)CNC(=O)[C@@H]1CCCN(C(=O)CCC2CCNCC2)C1. The number of nitrogens with one attached hydrogen (secondary N) is 3. The molecule has 0 radical (unpaired) electrons. The number of fused-ring (bicyclic) bond motifs is 1. The van der Waals surface area contributed by atoms with Crippen molar-refractivity contribution in [2.24, 2.45) is 17.8 Å². The van der Waals surface area contributed by atoms with Crippen LogP contribution < -0.4 is 10.6 Å². The zero-order valence-electron chi connectivity index (χ0n) is 20.8. The summed E-state index contributed by atoms with van der Waals surface area (Å²) < 4.78 is 0. The summed E-state index contributed by atoms with van der Waals surface area (Å²) in [5, 5.41) is 17.0. The van der Waals surface area contributed by atoms with Gasteiger partial charge in [-0.15, -0.1) is 12.4 Å². The lowest BCUT2D eigenvalue weighted by Gasteiger charge is -2.33. The molecule has 2 aromatic rings. The van der Waals surface area contributed by atoms with Gasteiger partial charge in [-0.1, -0.05) is 18.2 Å². The molecule has 0 aliphatic carbocycles. The highest BCUT2D eigenvalue weighted by molar-refractivity contribution is 5.85. The molecule has 198 valence electrons. The molecule has 8 nitrogen and oxygen atoms in total. The molecule has 2 fully saturated rings. The Bertz CT molecular complexity index is 1020. The third-order valence-electron chi connectivity index (χ3n) is 7.68. The maximum Gasteiger partial charge on any atom is 0.308 e. The standard InChI is InChI=1S/C27H38N4O4.ClH/c32-25(10-7-19-11-13-28-14-12-19)31-15-3-4-22(18-31)26(33)30-17-21(27(34)35)9-8-20-16-29-24-6-2-1-5-23(20)24;/h1-2,5-6,16,19,21-22,28-29H,3-4,7-15,17-18H2,(H,30,33)(H,34,35);1H/t21-,22+;/m0./s1. The molecular formula is C27H39ClN4O4. The Kier molecular flexibility index (Phi) is 10.6. The van der Waals surface area contributed by atoms with E-state index in [1.807, 2.05) is 35.4 Å². The van der Waals surface area contributed by atoms with Crippen LogP contribution in [-0.2, 0) is 20.8 Å². The molecule has 2 amide bonds. The third-order valence-corrected chi connectivity index (χ3v) is 7.68. The number of H-pyrrole nitrogens is 1. The predicted octanol–water partition coefficient (Wildman–Crippen LogP) is 3.36. The van der Waals surface area contributed by atoms with Crippen molar-refractivity contribution in [3.63, 3.8) is 0 Å². The Morgan fingerprint density at radius 1 is 1.14 bits per heavy atom. The lowest BCUT2D eigenvalue weighted by molar-refractivity contribution is -0.142. The molecule has 2 atom stereocenters. The van der Waals surface area contributed by atoms with Crippen molar-refractivity contribution in [3.05, 3.63) is 36.0 Å². The van der Waals surface area contributed by atoms with Gasteiger partial charge in [0.25, 0.3) is 0 Å². The number of para-hydroxylation sites is 1. The van der Waals surface area contributed by atoms with Gasteiger partial charge in [0, 0.05) is 43.2 Å². The smallest absolute Gasteiger partial charge is 0.308 e. The topological polar surface area (TPSA) is 115 Å². The van der Waals surface area contributed by atoms with Gasteiger partial charge in [-0.2, -0.15) is 0 Å². The summed E-state index contributed by atoms with van der Waals surface area (Å²) in [5.74, 6) is -1.21. The number of likely N-dealkylation sites (tertiary alicyclic amines) is 1. The Morgan fingerprint density at radius 2 is 1.92 bits per heavy atom. The van der Waals surface area contributed by atoms with Crippen LogP contribution in [0.25, 0.3) is 10.9 Å². The zero-order valence-corrected chi connectivity index (χ0v) is 21.7. The van der Waals surface area contributed by atoms with Crippen molar-refractivity contribution >= 4 is 41.1 Å². The first-order valence-electron chi connectivity index (χ1n) is 13.0. The molecule has 2 aliphatic heterocycles. The second-order valence-electron chi connectivity index (χ2n) is 10.1. The van der Waals surface area contributed by atoms with E-state index in [1.54, 1.807) is 0 Å². The summed E-state index contributed by atoms with van der Waals surface area (Å²) in [5.41, 5.74) is 2.12. The average Bonchev–Trinajstić information content (AvgIpc) is 3.30. The minimum absolute atomic E-state index is 0. The number of carboxylic acids is 1. The lowest BCUT2D eigenvalue weighted by Crippen LogP contribution is -2.46. The van der Waals surface area contributed by atoms with Crippen LogP contribution in [0.2, 0.25) is 0 Å². The number of nitrogens with zero attached hydrogens (tertiary/aromatic N) is 1. The van der Waals surface area contributed by atoms with Crippen molar-refractivity contribution in [1.29, 1.82) is 0 Å². The maximum atomic E-state index is 12.9. The van der Waals surface area contributed by atoms with Crippen molar-refractivity contribution in [2.45, 2.75) is 51.4 Å². The van der Waals surface area contributed by atoms with Gasteiger partial charge in [0.15, 0.2) is 0 Å². The summed E-state index contributed by atoms with van der Waals surface area (Å²) in [6.45, 7) is 3.31. The summed E-state index contributed by atoms with van der Waals surface area (Å²) in [7, 11) is 0. The van der Waals surface area contributed by atoms with E-state index in [9.17, 15) is 19.5 Å². The zero-order chi connectivity index (χ0) is 24.6. The van der Waals surface area contributed by atoms with Crippen LogP contribution >= 0.6 is 12.4 Å². The van der Waals surface area contributed by atoms with E-state index in [2.05, 4.69) is 15.6 Å². The average molecular weight is 519 g/mol. The number of carboxylic acid groups (broad SMARTS) is 1. The fourth-order valence-electron chi connectivity index (χ4n) is 5.42. The van der Waals surface area contributed by atoms with E-state index in [-0.39, 0.29) is 36.7 Å². The molecule has 0 bridgehead atoms. The largest absolute Gasteiger partial charge is 0.481 e. The Hall–Kier alpha value is -2.58. The van der Waals surface area contributed by atoms with Gasteiger partial charge in [0.2, 0.25) is 11.8 Å². The van der Waals surface area contributed by atoms with Gasteiger partial charge in [-0.05, 0) is 75.6 Å². The first-order valence-corrected chi connectivity index (χ1v) is 13.0. The summed E-state index contributed by atoms with van der Waals surface area (Å²) >= 11 is 0. The number of carbonyl (C=O) groups is 3. The van der Waals surface area contributed by atoms with E-state index in [1.165, 1.54) is 0 Å². The lowest BCUT2D eigenvalue weighted by atomic mass is 9.92. The number of hydrogen-bond acceptors (Lipinski definition) is 4. The van der Waals surface area contributed by atoms with Crippen LogP contribution in [0.5, 0.6) is 0 Å². The highest BCUT2D eigenvalue weighted by Crippen LogP contribution is 2.23. The monoisotopic (exact) mass is 518 g/mol. The van der Waals surface area contributed by atoms with Gasteiger partial charge in [0.05, 0.1) is 11.8 Å². The van der Waals surface area contributed by atoms with E-state index in [0.717, 1.165) is 61.7 Å². The molecule has 2 saturated heterocycles. The number of aryl methyl sites for hydroxylation is 1. The van der Waals surface area contributed by atoms with Crippen LogP contribution in [0, 0.1) is 17.8 Å². The number of benzene rings is 1. The first-order chi connectivity index (χ1) is 17.0. The molecule has 36 heavy (non-hydrogen) atoms. The van der Waals surface area contributed by atoms with Crippen molar-refractivity contribution < 1.29 is 19.5 Å². The molecule has 3 heterocycles. The highest BCUT2D eigenvalue weighted by atomic mass is 35.5. The predicted molar refractivity (Wildman–Crippen MR) is 142 cm³/mol. The van der Waals surface area contributed by atoms with E-state index in [0.29, 0.717) is 38.3 Å². The summed E-state index contributed by atoms with van der Waals surface area (Å²) in [6, 6.07) is 7.97. The van der Waals surface area contributed by atoms with Crippen LogP contribution in [0.3, 0.4) is 0 Å². The number of rotatable bonds is 10. The second-order valence-corrected chi connectivity index (χ2v) is 10.1. The van der Waals surface area contributed by atoms with Gasteiger partial charge in [-0.3, -0.25) is 14.4 Å². The van der Waals surface area contributed by atoms with Crippen LogP contribution in [0.4, 0.5) is 0 Å². The van der Waals surface area contributed by atoms with Crippen LogP contribution in [0.15, 0.2) is 30.5 Å². The molecule has 2 aliphatic rings. The number of hydrogen-bond donors (Lipinski definition) is 4. The highest BCUT2D eigenvalue weighted by Gasteiger charge is 2.29. The van der Waals surface area contributed by atoms with Gasteiger partial charge < -0.3 is 25.6 Å². The number of halogens is 1. The Morgan fingerprint density at radius 3 is 2.69 bits per heavy atom. The van der Waals surface area contributed by atoms with Crippen molar-refractivity contribution in [2.75, 3.05) is 32.7 Å². The quantitative estimate of drug-likeness (QED) is 0.385. The van der Waals surface area contributed by atoms with E-state index in [4.69, 9.17) is 0 Å². The van der Waals surface area contributed by atoms with E-state index < -0.39 is 11.9 Å². The fraction of sp³-hybridized carbons (Fsp3) is 0.593. The number of carbonyl (C=O) groups excluding carboxylic acids is 2. The van der Waals surface area contributed by atoms with Gasteiger partial charge >= 0.3 is 5.97 Å². The molecule has 0 spiro atoms. The fourth-order valence-corrected chi connectivity index (χ4v) is 5.42. The molecule has 1 aromatic heterocycles. The number of aliphatic carboxylic acids is 1. The molecule has 4 rings (SSSR count). The molecule has 4 N–H and O–H groups in total. The number of aromatic nitrogens is 1. The maximum absolute atomic E-state index is 12.9. The van der Waals surface area contributed by atoms with Crippen LogP contribution in [-0.4, -0.2) is 65.5 Å². The molecular weight excluding hydrogens is 480 g/mol. The molecule has 0 saturated carbocycles. The van der Waals surface area contributed by atoms with Crippen molar-refractivity contribution in [1.82, 2.24) is 20.5 Å². The normalized spacial score (nSPS) is 19.4. The van der Waals surface area contributed by atoms with Gasteiger partial charge in [-0.25, -0.2) is 0 Å². The van der Waals surface area contributed by atoms with Gasteiger partial charge in [0.1, 0.15) is 0 Å². The number of aromatic amines is 1. The Labute approximate surface area is 219 Å². The second kappa shape index (κ2) is 13.7. The first kappa shape index (κ1) is 28.0. The molecule has 0 unspecified atom stereocenters. The molecule has 9 heteroatoms. The minimum atomic E-state index is -0.900. The van der Waals surface area contributed by atoms with Crippen molar-refractivity contribution in [3.8, 4) is 0 Å². The number of piperidine rings is 2. The summed E-state index contributed by atoms with van der Waals surface area (Å²) in [4.78, 5) is 42.5. The minimum Gasteiger partial charge on any atom is -0.481 e. The number of amides is 2. The molecule has 1 aromatic carbocycles. The van der Waals surface area contributed by atoms with Crippen LogP contribution in [0.1, 0.15) is 50.5 Å². The van der Waals surface area contributed by atoms with E-state index >= 15 is 0 Å². The third kappa shape index (κ3) is 7.46. The Balaban J connectivity index is 0.00000361.